The molecular formula is C19H21FN2O4S. The number of anilines is 1. The van der Waals surface area contributed by atoms with Gasteiger partial charge < -0.3 is 9.64 Å². The van der Waals surface area contributed by atoms with Gasteiger partial charge in [0, 0.05) is 24.7 Å². The summed E-state index contributed by atoms with van der Waals surface area (Å²) in [5.74, 6) is -0.415. The fourth-order valence-electron chi connectivity index (χ4n) is 3.04. The second kappa shape index (κ2) is 7.66. The van der Waals surface area contributed by atoms with Crippen LogP contribution < -0.4 is 9.64 Å². The number of carbonyl (C=O) groups excluding carboxylic acids is 1. The van der Waals surface area contributed by atoms with E-state index in [4.69, 9.17) is 4.74 Å². The Labute approximate surface area is 158 Å². The molecule has 2 aromatic carbocycles. The molecule has 0 N–H and O–H groups in total. The van der Waals surface area contributed by atoms with Crippen LogP contribution in [-0.2, 0) is 10.0 Å². The van der Waals surface area contributed by atoms with E-state index in [2.05, 4.69) is 0 Å². The first kappa shape index (κ1) is 19.3. The minimum Gasteiger partial charge on any atom is -0.489 e. The van der Waals surface area contributed by atoms with Crippen LogP contribution in [0.3, 0.4) is 0 Å². The molecule has 8 heteroatoms. The molecule has 0 aliphatic carbocycles. The van der Waals surface area contributed by atoms with Gasteiger partial charge in [-0.1, -0.05) is 13.8 Å². The van der Waals surface area contributed by atoms with Crippen molar-refractivity contribution < 1.29 is 22.3 Å². The number of rotatable bonds is 5. The minimum atomic E-state index is -3.58. The molecule has 0 fully saturated rings. The number of amides is 1. The van der Waals surface area contributed by atoms with Crippen molar-refractivity contribution in [3.05, 3.63) is 53.8 Å². The highest BCUT2D eigenvalue weighted by atomic mass is 32.2. The number of fused-ring (bicyclic) bond motifs is 1. The van der Waals surface area contributed by atoms with Gasteiger partial charge in [-0.2, -0.15) is 4.31 Å². The van der Waals surface area contributed by atoms with Crippen molar-refractivity contribution in [2.45, 2.75) is 18.7 Å². The molecule has 0 radical (unpaired) electrons. The van der Waals surface area contributed by atoms with E-state index < -0.39 is 15.8 Å². The highest BCUT2D eigenvalue weighted by Gasteiger charge is 2.26. The van der Waals surface area contributed by atoms with E-state index >= 15 is 0 Å². The summed E-state index contributed by atoms with van der Waals surface area (Å²) in [6, 6.07) is 9.89. The summed E-state index contributed by atoms with van der Waals surface area (Å²) < 4.78 is 45.3. The van der Waals surface area contributed by atoms with Crippen molar-refractivity contribution in [1.82, 2.24) is 4.31 Å². The first-order valence-corrected chi connectivity index (χ1v) is 10.2. The molecule has 0 unspecified atom stereocenters. The molecule has 6 nitrogen and oxygen atoms in total. The summed E-state index contributed by atoms with van der Waals surface area (Å²) in [4.78, 5) is 14.5. The summed E-state index contributed by atoms with van der Waals surface area (Å²) in [6.45, 7) is 4.89. The Balaban J connectivity index is 1.88. The standard InChI is InChI=1S/C19H21FN2O4S/c1-3-21(4-2)27(24,25)16-8-5-14(6-9-16)19(23)22-11-12-26-18-13-15(20)7-10-17(18)22/h5-10,13H,3-4,11-12H2,1-2H3. The van der Waals surface area contributed by atoms with Gasteiger partial charge in [0.2, 0.25) is 10.0 Å². The Morgan fingerprint density at radius 2 is 1.81 bits per heavy atom. The predicted octanol–water partition coefficient (Wildman–Crippen LogP) is 2.90. The second-order valence-electron chi connectivity index (χ2n) is 6.03. The number of hydrogen-bond donors (Lipinski definition) is 0. The zero-order chi connectivity index (χ0) is 19.6. The van der Waals surface area contributed by atoms with Crippen LogP contribution in [0.4, 0.5) is 10.1 Å². The van der Waals surface area contributed by atoms with Crippen LogP contribution >= 0.6 is 0 Å². The number of nitrogens with zero attached hydrogens (tertiary/aromatic N) is 2. The lowest BCUT2D eigenvalue weighted by Gasteiger charge is -2.29. The molecule has 1 aliphatic heterocycles. The van der Waals surface area contributed by atoms with Crippen LogP contribution in [0.5, 0.6) is 5.75 Å². The summed E-state index contributed by atoms with van der Waals surface area (Å²) in [6.07, 6.45) is 0. The van der Waals surface area contributed by atoms with Crippen molar-refractivity contribution in [3.8, 4) is 5.75 Å². The van der Waals surface area contributed by atoms with Gasteiger partial charge in [-0.15, -0.1) is 0 Å². The number of benzene rings is 2. The van der Waals surface area contributed by atoms with Gasteiger partial charge in [0.1, 0.15) is 18.2 Å². The fourth-order valence-corrected chi connectivity index (χ4v) is 4.50. The van der Waals surface area contributed by atoms with Crippen LogP contribution in [0.25, 0.3) is 0 Å². The Bertz CT molecular complexity index is 941. The average Bonchev–Trinajstić information content (AvgIpc) is 2.67. The lowest BCUT2D eigenvalue weighted by Crippen LogP contribution is -2.38. The fraction of sp³-hybridized carbons (Fsp3) is 0.316. The van der Waals surface area contributed by atoms with Crippen molar-refractivity contribution in [2.75, 3.05) is 31.1 Å². The van der Waals surface area contributed by atoms with Crippen LogP contribution in [0.15, 0.2) is 47.4 Å². The predicted molar refractivity (Wildman–Crippen MR) is 100 cm³/mol. The monoisotopic (exact) mass is 392 g/mol. The molecule has 144 valence electrons. The Kier molecular flexibility index (Phi) is 5.48. The van der Waals surface area contributed by atoms with Gasteiger partial charge in [0.25, 0.3) is 5.91 Å². The van der Waals surface area contributed by atoms with Gasteiger partial charge in [-0.25, -0.2) is 12.8 Å². The smallest absolute Gasteiger partial charge is 0.258 e. The van der Waals surface area contributed by atoms with E-state index in [9.17, 15) is 17.6 Å². The summed E-state index contributed by atoms with van der Waals surface area (Å²) in [7, 11) is -3.58. The third kappa shape index (κ3) is 3.68. The summed E-state index contributed by atoms with van der Waals surface area (Å²) >= 11 is 0. The van der Waals surface area contributed by atoms with E-state index in [1.165, 1.54) is 51.7 Å². The van der Waals surface area contributed by atoms with Gasteiger partial charge >= 0.3 is 0 Å². The Morgan fingerprint density at radius 3 is 2.44 bits per heavy atom. The maximum absolute atomic E-state index is 13.4. The number of ether oxygens (including phenoxy) is 1. The van der Waals surface area contributed by atoms with Crippen molar-refractivity contribution in [1.29, 1.82) is 0 Å². The molecule has 1 aliphatic rings. The molecular weight excluding hydrogens is 371 g/mol. The van der Waals surface area contributed by atoms with Crippen LogP contribution in [0.1, 0.15) is 24.2 Å². The van der Waals surface area contributed by atoms with E-state index in [1.54, 1.807) is 13.8 Å². The second-order valence-corrected chi connectivity index (χ2v) is 7.97. The lowest BCUT2D eigenvalue weighted by molar-refractivity contribution is 0.0976. The number of halogens is 1. The summed E-state index contributed by atoms with van der Waals surface area (Å²) in [5.41, 5.74) is 0.846. The molecule has 2 aromatic rings. The lowest BCUT2D eigenvalue weighted by atomic mass is 10.1. The summed E-state index contributed by atoms with van der Waals surface area (Å²) in [5, 5.41) is 0. The zero-order valence-corrected chi connectivity index (χ0v) is 16.0. The van der Waals surface area contributed by atoms with Crippen LogP contribution in [0, 0.1) is 5.82 Å². The van der Waals surface area contributed by atoms with Gasteiger partial charge in [0.05, 0.1) is 17.1 Å². The quantitative estimate of drug-likeness (QED) is 0.785. The molecule has 0 saturated heterocycles. The van der Waals surface area contributed by atoms with E-state index in [-0.39, 0.29) is 17.4 Å². The molecule has 1 amide bonds. The Hall–Kier alpha value is -2.45. The molecule has 0 atom stereocenters. The van der Waals surface area contributed by atoms with Crippen molar-refractivity contribution in [3.63, 3.8) is 0 Å². The first-order valence-electron chi connectivity index (χ1n) is 8.73. The normalized spacial score (nSPS) is 14.0. The highest BCUT2D eigenvalue weighted by Crippen LogP contribution is 2.33. The van der Waals surface area contributed by atoms with E-state index in [0.717, 1.165) is 0 Å². The van der Waals surface area contributed by atoms with E-state index in [0.29, 0.717) is 36.6 Å². The molecule has 27 heavy (non-hydrogen) atoms. The number of carbonyl (C=O) groups is 1. The Morgan fingerprint density at radius 1 is 1.15 bits per heavy atom. The third-order valence-electron chi connectivity index (χ3n) is 4.47. The van der Waals surface area contributed by atoms with Crippen molar-refractivity contribution in [2.24, 2.45) is 0 Å². The molecule has 1 heterocycles. The topological polar surface area (TPSA) is 66.9 Å². The van der Waals surface area contributed by atoms with Crippen LogP contribution in [0.2, 0.25) is 0 Å². The molecule has 0 aromatic heterocycles. The SMILES string of the molecule is CCN(CC)S(=O)(=O)c1ccc(C(=O)N2CCOc3cc(F)ccc32)cc1. The van der Waals surface area contributed by atoms with Gasteiger partial charge in [0.15, 0.2) is 0 Å². The number of sulfonamides is 1. The molecule has 3 rings (SSSR count). The largest absolute Gasteiger partial charge is 0.489 e. The van der Waals surface area contributed by atoms with Gasteiger partial charge in [-0.3, -0.25) is 4.79 Å². The molecule has 0 bridgehead atoms. The molecule has 0 spiro atoms. The van der Waals surface area contributed by atoms with Crippen LogP contribution in [-0.4, -0.2) is 44.9 Å². The minimum absolute atomic E-state index is 0.146. The van der Waals surface area contributed by atoms with E-state index in [1.807, 2.05) is 0 Å². The zero-order valence-electron chi connectivity index (χ0n) is 15.2. The average molecular weight is 392 g/mol. The molecule has 0 saturated carbocycles. The van der Waals surface area contributed by atoms with Gasteiger partial charge in [-0.05, 0) is 36.4 Å². The maximum Gasteiger partial charge on any atom is 0.258 e. The third-order valence-corrected chi connectivity index (χ3v) is 6.54. The highest BCUT2D eigenvalue weighted by molar-refractivity contribution is 7.89. The maximum atomic E-state index is 13.4. The first-order chi connectivity index (χ1) is 12.9. The number of hydrogen-bond acceptors (Lipinski definition) is 4. The van der Waals surface area contributed by atoms with Crippen molar-refractivity contribution >= 4 is 21.6 Å².